The Morgan fingerprint density at radius 2 is 2.27 bits per heavy atom. The Hall–Kier alpha value is -1.66. The van der Waals surface area contributed by atoms with Gasteiger partial charge in [0.1, 0.15) is 5.75 Å². The van der Waals surface area contributed by atoms with Crippen LogP contribution in [-0.2, 0) is 4.74 Å². The third-order valence-corrected chi connectivity index (χ3v) is 3.48. The molecule has 0 saturated carbocycles. The maximum absolute atomic E-state index is 5.53. The van der Waals surface area contributed by atoms with Crippen LogP contribution in [-0.4, -0.2) is 37.2 Å². The van der Waals surface area contributed by atoms with Gasteiger partial charge in [0.25, 0.3) is 0 Å². The molecule has 0 amide bonds. The molecule has 2 N–H and O–H groups in total. The third kappa shape index (κ3) is 5.99. The first-order valence-corrected chi connectivity index (χ1v) is 8.10. The molecule has 120 valence electrons. The third-order valence-electron chi connectivity index (χ3n) is 3.25. The molecule has 2 rings (SSSR count). The molecule has 5 nitrogen and oxygen atoms in total. The lowest BCUT2D eigenvalue weighted by atomic mass is 10.2. The molecule has 0 unspecified atom stereocenters. The minimum Gasteiger partial charge on any atom is -0.494 e. The summed E-state index contributed by atoms with van der Waals surface area (Å²) in [5.74, 6) is 0.876. The second-order valence-electron chi connectivity index (χ2n) is 5.13. The van der Waals surface area contributed by atoms with Crippen LogP contribution < -0.4 is 15.5 Å². The van der Waals surface area contributed by atoms with E-state index in [1.807, 2.05) is 24.3 Å². The number of ether oxygens (including phenoxy) is 2. The normalized spacial score (nSPS) is 17.6. The number of thiocarbonyl (C=S) groups is 1. The van der Waals surface area contributed by atoms with E-state index in [-0.39, 0.29) is 6.10 Å². The average molecular weight is 321 g/mol. The van der Waals surface area contributed by atoms with Crippen molar-refractivity contribution in [3.8, 4) is 5.75 Å². The smallest absolute Gasteiger partial charge is 0.187 e. The van der Waals surface area contributed by atoms with Crippen molar-refractivity contribution in [2.45, 2.75) is 32.3 Å². The van der Waals surface area contributed by atoms with Crippen molar-refractivity contribution in [1.82, 2.24) is 10.7 Å². The maximum Gasteiger partial charge on any atom is 0.187 e. The van der Waals surface area contributed by atoms with E-state index in [9.17, 15) is 0 Å². The summed E-state index contributed by atoms with van der Waals surface area (Å²) in [7, 11) is 0. The van der Waals surface area contributed by atoms with Crippen LogP contribution in [0.5, 0.6) is 5.75 Å². The minimum absolute atomic E-state index is 0.263. The fourth-order valence-corrected chi connectivity index (χ4v) is 2.22. The molecule has 0 radical (unpaired) electrons. The Kier molecular flexibility index (Phi) is 7.12. The molecule has 1 aliphatic heterocycles. The van der Waals surface area contributed by atoms with Crippen LogP contribution in [0.25, 0.3) is 0 Å². The van der Waals surface area contributed by atoms with Gasteiger partial charge in [-0.1, -0.05) is 6.92 Å². The van der Waals surface area contributed by atoms with E-state index < -0.39 is 0 Å². The van der Waals surface area contributed by atoms with E-state index in [4.69, 9.17) is 21.7 Å². The number of rotatable bonds is 7. The molecule has 1 saturated heterocycles. The lowest BCUT2D eigenvalue weighted by Crippen LogP contribution is -2.37. The van der Waals surface area contributed by atoms with Crippen molar-refractivity contribution in [2.75, 3.05) is 19.8 Å². The molecule has 0 aliphatic carbocycles. The van der Waals surface area contributed by atoms with Gasteiger partial charge in [0.05, 0.1) is 18.9 Å². The fraction of sp³-hybridized carbons (Fsp3) is 0.500. The maximum atomic E-state index is 5.53. The van der Waals surface area contributed by atoms with Crippen molar-refractivity contribution in [2.24, 2.45) is 5.10 Å². The van der Waals surface area contributed by atoms with Crippen LogP contribution in [0, 0.1) is 0 Å². The predicted octanol–water partition coefficient (Wildman–Crippen LogP) is 2.45. The average Bonchev–Trinajstić information content (AvgIpc) is 3.06. The van der Waals surface area contributed by atoms with Crippen molar-refractivity contribution in [3.63, 3.8) is 0 Å². The van der Waals surface area contributed by atoms with Gasteiger partial charge in [0.2, 0.25) is 0 Å². The molecule has 6 heteroatoms. The van der Waals surface area contributed by atoms with Crippen molar-refractivity contribution < 1.29 is 9.47 Å². The Morgan fingerprint density at radius 3 is 2.95 bits per heavy atom. The molecule has 1 atom stereocenters. The van der Waals surface area contributed by atoms with Gasteiger partial charge in [-0.2, -0.15) is 5.10 Å². The van der Waals surface area contributed by atoms with E-state index in [0.29, 0.717) is 5.11 Å². The number of benzene rings is 1. The SMILES string of the molecule is CCCOc1ccc(/C=N\NC(=S)NC[C@H]2CCCO2)cc1. The first-order chi connectivity index (χ1) is 10.8. The van der Waals surface area contributed by atoms with Crippen molar-refractivity contribution in [3.05, 3.63) is 29.8 Å². The van der Waals surface area contributed by atoms with Gasteiger partial charge in [0, 0.05) is 13.2 Å². The predicted molar refractivity (Wildman–Crippen MR) is 92.5 cm³/mol. The summed E-state index contributed by atoms with van der Waals surface area (Å²) in [5.41, 5.74) is 3.79. The molecule has 1 heterocycles. The van der Waals surface area contributed by atoms with Crippen LogP contribution in [0.2, 0.25) is 0 Å². The first kappa shape index (κ1) is 16.7. The highest BCUT2D eigenvalue weighted by atomic mass is 32.1. The summed E-state index contributed by atoms with van der Waals surface area (Å²) < 4.78 is 11.0. The van der Waals surface area contributed by atoms with Gasteiger partial charge in [-0.3, -0.25) is 5.43 Å². The van der Waals surface area contributed by atoms with Crippen molar-refractivity contribution in [1.29, 1.82) is 0 Å². The Morgan fingerprint density at radius 1 is 1.45 bits per heavy atom. The molecule has 1 aromatic carbocycles. The molecule has 0 spiro atoms. The summed E-state index contributed by atoms with van der Waals surface area (Å²) >= 11 is 5.16. The monoisotopic (exact) mass is 321 g/mol. The number of hydrogen-bond donors (Lipinski definition) is 2. The zero-order valence-electron chi connectivity index (χ0n) is 12.9. The largest absolute Gasteiger partial charge is 0.494 e. The van der Waals surface area contributed by atoms with Crippen LogP contribution >= 0.6 is 12.2 Å². The summed E-state index contributed by atoms with van der Waals surface area (Å²) in [6.45, 7) is 4.40. The Balaban J connectivity index is 1.68. The molecular formula is C16H23N3O2S. The standard InChI is InChI=1S/C16H23N3O2S/c1-2-9-20-14-7-5-13(6-8-14)11-18-19-16(22)17-12-15-4-3-10-21-15/h5-8,11,15H,2-4,9-10,12H2,1H3,(H2,17,19,22)/b18-11-/t15-/m1/s1. The van der Waals surface area contributed by atoms with Crippen LogP contribution in [0.15, 0.2) is 29.4 Å². The van der Waals surface area contributed by atoms with Crippen LogP contribution in [0.3, 0.4) is 0 Å². The van der Waals surface area contributed by atoms with Gasteiger partial charge < -0.3 is 14.8 Å². The second kappa shape index (κ2) is 9.38. The topological polar surface area (TPSA) is 54.9 Å². The summed E-state index contributed by atoms with van der Waals surface area (Å²) in [4.78, 5) is 0. The summed E-state index contributed by atoms with van der Waals surface area (Å²) in [5, 5.41) is 7.73. The highest BCUT2D eigenvalue weighted by Crippen LogP contribution is 2.11. The molecule has 1 fully saturated rings. The van der Waals surface area contributed by atoms with E-state index in [2.05, 4.69) is 22.8 Å². The van der Waals surface area contributed by atoms with Crippen molar-refractivity contribution >= 4 is 23.5 Å². The molecule has 1 aliphatic rings. The Bertz CT molecular complexity index is 485. The molecule has 0 bridgehead atoms. The van der Waals surface area contributed by atoms with Gasteiger partial charge in [-0.15, -0.1) is 0 Å². The molecule has 22 heavy (non-hydrogen) atoms. The molecule has 1 aromatic rings. The van der Waals surface area contributed by atoms with E-state index in [1.54, 1.807) is 6.21 Å². The highest BCUT2D eigenvalue weighted by molar-refractivity contribution is 7.80. The van der Waals surface area contributed by atoms with Gasteiger partial charge in [-0.05, 0) is 61.3 Å². The van der Waals surface area contributed by atoms with Crippen LogP contribution in [0.1, 0.15) is 31.7 Å². The summed E-state index contributed by atoms with van der Waals surface area (Å²) in [6, 6.07) is 7.79. The molecule has 0 aromatic heterocycles. The highest BCUT2D eigenvalue weighted by Gasteiger charge is 2.14. The lowest BCUT2D eigenvalue weighted by Gasteiger charge is -2.11. The zero-order chi connectivity index (χ0) is 15.6. The van der Waals surface area contributed by atoms with Gasteiger partial charge in [0.15, 0.2) is 5.11 Å². The van der Waals surface area contributed by atoms with Gasteiger partial charge >= 0.3 is 0 Å². The van der Waals surface area contributed by atoms with E-state index in [1.165, 1.54) is 0 Å². The van der Waals surface area contributed by atoms with E-state index >= 15 is 0 Å². The quantitative estimate of drug-likeness (QED) is 0.459. The van der Waals surface area contributed by atoms with E-state index in [0.717, 1.165) is 50.3 Å². The first-order valence-electron chi connectivity index (χ1n) is 7.69. The second-order valence-corrected chi connectivity index (χ2v) is 5.54. The number of hydrogen-bond acceptors (Lipinski definition) is 4. The van der Waals surface area contributed by atoms with Gasteiger partial charge in [-0.25, -0.2) is 0 Å². The lowest BCUT2D eigenvalue weighted by molar-refractivity contribution is 0.114. The molecular weight excluding hydrogens is 298 g/mol. The number of nitrogens with zero attached hydrogens (tertiary/aromatic N) is 1. The number of hydrazone groups is 1. The summed E-state index contributed by atoms with van der Waals surface area (Å²) in [6.07, 6.45) is 5.21. The minimum atomic E-state index is 0.263. The van der Waals surface area contributed by atoms with Crippen LogP contribution in [0.4, 0.5) is 0 Å². The number of nitrogens with one attached hydrogen (secondary N) is 2. The fourth-order valence-electron chi connectivity index (χ4n) is 2.09. The Labute approximate surface area is 137 Å². The zero-order valence-corrected chi connectivity index (χ0v) is 13.7.